The molecule has 5 nitrogen and oxygen atoms in total. The summed E-state index contributed by atoms with van der Waals surface area (Å²) in [7, 11) is 0. The van der Waals surface area contributed by atoms with E-state index >= 15 is 0 Å². The van der Waals surface area contributed by atoms with E-state index in [1.54, 1.807) is 0 Å². The standard InChI is InChI=1S/C16H22N4OS2/c1-11(2)12(3)18-14(21)10-22-16-20-19-15(23-16)17-9-13-7-5-4-6-8-13/h4-8,11-12H,9-10H2,1-3H3,(H,17,19)(H,18,21)/t12-/m0/s1. The van der Waals surface area contributed by atoms with E-state index in [-0.39, 0.29) is 11.9 Å². The maximum Gasteiger partial charge on any atom is 0.230 e. The first kappa shape index (κ1) is 17.7. The quantitative estimate of drug-likeness (QED) is 0.714. The van der Waals surface area contributed by atoms with Gasteiger partial charge in [0, 0.05) is 12.6 Å². The number of amides is 1. The number of nitrogens with zero attached hydrogens (tertiary/aromatic N) is 2. The molecule has 23 heavy (non-hydrogen) atoms. The number of aromatic nitrogens is 2. The zero-order chi connectivity index (χ0) is 16.7. The van der Waals surface area contributed by atoms with Crippen molar-refractivity contribution in [2.45, 2.75) is 37.7 Å². The predicted octanol–water partition coefficient (Wildman–Crippen LogP) is 3.40. The molecule has 0 fully saturated rings. The molecule has 1 amide bonds. The molecule has 0 spiro atoms. The van der Waals surface area contributed by atoms with E-state index < -0.39 is 0 Å². The van der Waals surface area contributed by atoms with Gasteiger partial charge in [0.15, 0.2) is 4.34 Å². The third-order valence-electron chi connectivity index (χ3n) is 3.41. The monoisotopic (exact) mass is 350 g/mol. The first-order valence-corrected chi connectivity index (χ1v) is 9.38. The van der Waals surface area contributed by atoms with Crippen molar-refractivity contribution in [3.63, 3.8) is 0 Å². The summed E-state index contributed by atoms with van der Waals surface area (Å²) in [6.45, 7) is 6.91. The van der Waals surface area contributed by atoms with Crippen LogP contribution in [0.3, 0.4) is 0 Å². The molecule has 0 unspecified atom stereocenters. The minimum Gasteiger partial charge on any atom is -0.356 e. The van der Waals surface area contributed by atoms with Crippen LogP contribution in [-0.2, 0) is 11.3 Å². The molecular weight excluding hydrogens is 328 g/mol. The van der Waals surface area contributed by atoms with Gasteiger partial charge in [-0.15, -0.1) is 10.2 Å². The SMILES string of the molecule is CC(C)[C@H](C)NC(=O)CSc1nnc(NCc2ccccc2)s1. The number of hydrogen-bond acceptors (Lipinski definition) is 6. The molecule has 0 bridgehead atoms. The lowest BCUT2D eigenvalue weighted by Crippen LogP contribution is -2.37. The molecule has 2 aromatic rings. The summed E-state index contributed by atoms with van der Waals surface area (Å²) in [5.74, 6) is 0.828. The third-order valence-corrected chi connectivity index (χ3v) is 5.42. The Morgan fingerprint density at radius 1 is 1.22 bits per heavy atom. The van der Waals surface area contributed by atoms with Crippen molar-refractivity contribution in [2.24, 2.45) is 5.92 Å². The molecule has 1 aromatic carbocycles. The van der Waals surface area contributed by atoms with Gasteiger partial charge in [0.2, 0.25) is 11.0 Å². The number of nitrogens with one attached hydrogen (secondary N) is 2. The number of carbonyl (C=O) groups excluding carboxylic acids is 1. The van der Waals surface area contributed by atoms with Gasteiger partial charge in [-0.2, -0.15) is 0 Å². The summed E-state index contributed by atoms with van der Waals surface area (Å²) < 4.78 is 0.799. The van der Waals surface area contributed by atoms with Gasteiger partial charge in [-0.1, -0.05) is 67.3 Å². The number of anilines is 1. The van der Waals surface area contributed by atoms with E-state index in [0.29, 0.717) is 18.2 Å². The molecule has 0 radical (unpaired) electrons. The largest absolute Gasteiger partial charge is 0.356 e. The predicted molar refractivity (Wildman–Crippen MR) is 96.8 cm³/mol. The molecule has 2 N–H and O–H groups in total. The highest BCUT2D eigenvalue weighted by Crippen LogP contribution is 2.25. The lowest BCUT2D eigenvalue weighted by atomic mass is 10.1. The van der Waals surface area contributed by atoms with Crippen molar-refractivity contribution in [1.29, 1.82) is 0 Å². The Kier molecular flexibility index (Phi) is 6.85. The first-order valence-electron chi connectivity index (χ1n) is 7.58. The summed E-state index contributed by atoms with van der Waals surface area (Å²) in [5, 5.41) is 15.2. The van der Waals surface area contributed by atoms with Gasteiger partial charge in [-0.05, 0) is 18.4 Å². The molecule has 0 aliphatic rings. The van der Waals surface area contributed by atoms with Crippen LogP contribution in [0.5, 0.6) is 0 Å². The highest BCUT2D eigenvalue weighted by molar-refractivity contribution is 8.01. The summed E-state index contributed by atoms with van der Waals surface area (Å²) in [4.78, 5) is 11.9. The fourth-order valence-corrected chi connectivity index (χ4v) is 3.26. The maximum atomic E-state index is 11.9. The maximum absolute atomic E-state index is 11.9. The third kappa shape index (κ3) is 6.19. The van der Waals surface area contributed by atoms with Crippen LogP contribution in [0.25, 0.3) is 0 Å². The second-order valence-electron chi connectivity index (χ2n) is 5.60. The summed E-state index contributed by atoms with van der Waals surface area (Å²) in [5.41, 5.74) is 1.19. The van der Waals surface area contributed by atoms with Crippen molar-refractivity contribution < 1.29 is 4.79 Å². The molecule has 7 heteroatoms. The molecule has 1 atom stereocenters. The van der Waals surface area contributed by atoms with Crippen LogP contribution in [0.4, 0.5) is 5.13 Å². The van der Waals surface area contributed by atoms with Gasteiger partial charge in [-0.25, -0.2) is 0 Å². The van der Waals surface area contributed by atoms with Gasteiger partial charge in [0.05, 0.1) is 5.75 Å². The van der Waals surface area contributed by atoms with Gasteiger partial charge in [0.1, 0.15) is 0 Å². The van der Waals surface area contributed by atoms with Gasteiger partial charge >= 0.3 is 0 Å². The van der Waals surface area contributed by atoms with Crippen LogP contribution in [-0.4, -0.2) is 27.9 Å². The van der Waals surface area contributed by atoms with Crippen molar-refractivity contribution in [3.05, 3.63) is 35.9 Å². The number of thioether (sulfide) groups is 1. The summed E-state index contributed by atoms with van der Waals surface area (Å²) in [6, 6.07) is 10.3. The average molecular weight is 351 g/mol. The van der Waals surface area contributed by atoms with Crippen LogP contribution in [0.1, 0.15) is 26.3 Å². The van der Waals surface area contributed by atoms with Crippen LogP contribution >= 0.6 is 23.1 Å². The topological polar surface area (TPSA) is 66.9 Å². The normalized spacial score (nSPS) is 12.2. The zero-order valence-corrected chi connectivity index (χ0v) is 15.2. The second kappa shape index (κ2) is 8.88. The Morgan fingerprint density at radius 3 is 2.65 bits per heavy atom. The Labute approximate surface area is 145 Å². The fourth-order valence-electron chi connectivity index (χ4n) is 1.70. The zero-order valence-electron chi connectivity index (χ0n) is 13.6. The molecule has 0 aliphatic carbocycles. The molecule has 0 aliphatic heterocycles. The van der Waals surface area contributed by atoms with Crippen molar-refractivity contribution >= 4 is 34.1 Å². The van der Waals surface area contributed by atoms with Crippen molar-refractivity contribution in [2.75, 3.05) is 11.1 Å². The average Bonchev–Trinajstić information content (AvgIpc) is 3.00. The van der Waals surface area contributed by atoms with Crippen molar-refractivity contribution in [3.8, 4) is 0 Å². The molecule has 1 heterocycles. The Balaban J connectivity index is 1.75. The Morgan fingerprint density at radius 2 is 1.96 bits per heavy atom. The number of carbonyl (C=O) groups is 1. The van der Waals surface area contributed by atoms with Gasteiger partial charge in [0.25, 0.3) is 0 Å². The molecule has 124 valence electrons. The second-order valence-corrected chi connectivity index (χ2v) is 7.80. The van der Waals surface area contributed by atoms with E-state index in [2.05, 4.69) is 46.8 Å². The Bertz CT molecular complexity index is 616. The lowest BCUT2D eigenvalue weighted by molar-refractivity contribution is -0.119. The Hall–Kier alpha value is -1.60. The van der Waals surface area contributed by atoms with E-state index in [1.807, 2.05) is 25.1 Å². The van der Waals surface area contributed by atoms with Crippen LogP contribution in [0.2, 0.25) is 0 Å². The molecule has 2 rings (SSSR count). The highest BCUT2D eigenvalue weighted by Gasteiger charge is 2.12. The van der Waals surface area contributed by atoms with E-state index in [0.717, 1.165) is 9.47 Å². The summed E-state index contributed by atoms with van der Waals surface area (Å²) >= 11 is 2.89. The molecular formula is C16H22N4OS2. The molecule has 1 aromatic heterocycles. The van der Waals surface area contributed by atoms with E-state index in [1.165, 1.54) is 28.7 Å². The fraction of sp³-hybridized carbons (Fsp3) is 0.438. The number of benzene rings is 1. The summed E-state index contributed by atoms with van der Waals surface area (Å²) in [6.07, 6.45) is 0. The highest BCUT2D eigenvalue weighted by atomic mass is 32.2. The van der Waals surface area contributed by atoms with Gasteiger partial charge < -0.3 is 10.6 Å². The van der Waals surface area contributed by atoms with E-state index in [9.17, 15) is 4.79 Å². The smallest absolute Gasteiger partial charge is 0.230 e. The van der Waals surface area contributed by atoms with E-state index in [4.69, 9.17) is 0 Å². The van der Waals surface area contributed by atoms with Crippen LogP contribution in [0.15, 0.2) is 34.7 Å². The van der Waals surface area contributed by atoms with Crippen LogP contribution < -0.4 is 10.6 Å². The first-order chi connectivity index (χ1) is 11.0. The molecule has 0 saturated carbocycles. The minimum absolute atomic E-state index is 0.0326. The number of hydrogen-bond donors (Lipinski definition) is 2. The van der Waals surface area contributed by atoms with Gasteiger partial charge in [-0.3, -0.25) is 4.79 Å². The lowest BCUT2D eigenvalue weighted by Gasteiger charge is -2.16. The molecule has 0 saturated heterocycles. The minimum atomic E-state index is 0.0326. The van der Waals surface area contributed by atoms with Crippen molar-refractivity contribution in [1.82, 2.24) is 15.5 Å². The number of rotatable bonds is 8. The van der Waals surface area contributed by atoms with Crippen LogP contribution in [0, 0.1) is 5.92 Å².